The third kappa shape index (κ3) is 2.83. The SMILES string of the molecule is CNC(Cc1ccc(F)cc1F)c1cnsn1. The number of hydrogen-bond donors (Lipinski definition) is 1. The van der Waals surface area contributed by atoms with Crippen molar-refractivity contribution < 1.29 is 8.78 Å². The topological polar surface area (TPSA) is 37.8 Å². The lowest BCUT2D eigenvalue weighted by Crippen LogP contribution is -2.19. The molecule has 2 rings (SSSR count). The number of likely N-dealkylation sites (N-methyl/N-ethyl adjacent to an activating group) is 1. The molecule has 17 heavy (non-hydrogen) atoms. The van der Waals surface area contributed by atoms with Gasteiger partial charge in [-0.2, -0.15) is 8.75 Å². The van der Waals surface area contributed by atoms with Crippen LogP contribution in [0.15, 0.2) is 24.4 Å². The van der Waals surface area contributed by atoms with Gasteiger partial charge < -0.3 is 5.32 Å². The predicted molar refractivity (Wildman–Crippen MR) is 61.8 cm³/mol. The van der Waals surface area contributed by atoms with Gasteiger partial charge in [-0.05, 0) is 25.1 Å². The summed E-state index contributed by atoms with van der Waals surface area (Å²) in [5.74, 6) is -1.10. The first-order chi connectivity index (χ1) is 8.20. The van der Waals surface area contributed by atoms with Crippen LogP contribution in [-0.2, 0) is 6.42 Å². The molecule has 0 fully saturated rings. The molecule has 1 aromatic carbocycles. The van der Waals surface area contributed by atoms with E-state index in [1.54, 1.807) is 13.2 Å². The van der Waals surface area contributed by atoms with E-state index in [4.69, 9.17) is 0 Å². The van der Waals surface area contributed by atoms with E-state index in [9.17, 15) is 8.78 Å². The van der Waals surface area contributed by atoms with Crippen LogP contribution in [-0.4, -0.2) is 15.8 Å². The molecule has 1 unspecified atom stereocenters. The Morgan fingerprint density at radius 1 is 1.41 bits per heavy atom. The highest BCUT2D eigenvalue weighted by atomic mass is 32.1. The summed E-state index contributed by atoms with van der Waals surface area (Å²) in [4.78, 5) is 0. The van der Waals surface area contributed by atoms with Gasteiger partial charge >= 0.3 is 0 Å². The van der Waals surface area contributed by atoms with E-state index in [0.717, 1.165) is 23.5 Å². The zero-order valence-corrected chi connectivity index (χ0v) is 9.97. The molecule has 6 heteroatoms. The van der Waals surface area contributed by atoms with Gasteiger partial charge in [-0.3, -0.25) is 0 Å². The van der Waals surface area contributed by atoms with Gasteiger partial charge in [0.25, 0.3) is 0 Å². The largest absolute Gasteiger partial charge is 0.311 e. The van der Waals surface area contributed by atoms with Gasteiger partial charge in [0.05, 0.1) is 29.7 Å². The first kappa shape index (κ1) is 12.1. The van der Waals surface area contributed by atoms with Gasteiger partial charge in [-0.1, -0.05) is 6.07 Å². The Hall–Kier alpha value is -1.40. The first-order valence-corrected chi connectivity index (χ1v) is 5.82. The van der Waals surface area contributed by atoms with E-state index in [0.29, 0.717) is 12.0 Å². The molecular weight excluding hydrogens is 244 g/mol. The van der Waals surface area contributed by atoms with Crippen molar-refractivity contribution in [2.24, 2.45) is 0 Å². The molecule has 0 aliphatic rings. The second-order valence-corrected chi connectivity index (χ2v) is 4.17. The van der Waals surface area contributed by atoms with Crippen molar-refractivity contribution >= 4 is 11.7 Å². The molecule has 0 aliphatic heterocycles. The number of hydrogen-bond acceptors (Lipinski definition) is 4. The highest BCUT2D eigenvalue weighted by Crippen LogP contribution is 2.19. The molecule has 1 heterocycles. The zero-order chi connectivity index (χ0) is 12.3. The Morgan fingerprint density at radius 2 is 2.24 bits per heavy atom. The van der Waals surface area contributed by atoms with Crippen LogP contribution >= 0.6 is 11.7 Å². The smallest absolute Gasteiger partial charge is 0.129 e. The summed E-state index contributed by atoms with van der Waals surface area (Å²) in [7, 11) is 1.77. The van der Waals surface area contributed by atoms with Crippen molar-refractivity contribution in [2.45, 2.75) is 12.5 Å². The summed E-state index contributed by atoms with van der Waals surface area (Å²) in [6.07, 6.45) is 2.06. The molecule has 1 atom stereocenters. The average Bonchev–Trinajstić information content (AvgIpc) is 2.81. The fourth-order valence-electron chi connectivity index (χ4n) is 1.59. The Balaban J connectivity index is 2.19. The monoisotopic (exact) mass is 255 g/mol. The molecule has 1 aromatic heterocycles. The Kier molecular flexibility index (Phi) is 3.75. The molecule has 0 amide bonds. The summed E-state index contributed by atoms with van der Waals surface area (Å²) < 4.78 is 34.3. The lowest BCUT2D eigenvalue weighted by Gasteiger charge is -2.13. The van der Waals surface area contributed by atoms with Crippen LogP contribution in [0.4, 0.5) is 8.78 Å². The highest BCUT2D eigenvalue weighted by Gasteiger charge is 2.15. The summed E-state index contributed by atoms with van der Waals surface area (Å²) in [5, 5.41) is 3.04. The zero-order valence-electron chi connectivity index (χ0n) is 9.15. The van der Waals surface area contributed by atoms with E-state index in [-0.39, 0.29) is 6.04 Å². The maximum absolute atomic E-state index is 13.5. The maximum Gasteiger partial charge on any atom is 0.129 e. The van der Waals surface area contributed by atoms with Crippen LogP contribution in [0.1, 0.15) is 17.3 Å². The van der Waals surface area contributed by atoms with Crippen molar-refractivity contribution in [1.29, 1.82) is 0 Å². The van der Waals surface area contributed by atoms with Crippen LogP contribution in [0.2, 0.25) is 0 Å². The predicted octanol–water partition coefficient (Wildman–Crippen LogP) is 2.32. The van der Waals surface area contributed by atoms with E-state index < -0.39 is 11.6 Å². The van der Waals surface area contributed by atoms with Gasteiger partial charge in [-0.25, -0.2) is 8.78 Å². The minimum Gasteiger partial charge on any atom is -0.311 e. The number of benzene rings is 1. The molecule has 0 spiro atoms. The van der Waals surface area contributed by atoms with E-state index in [2.05, 4.69) is 14.1 Å². The number of nitrogens with zero attached hydrogens (tertiary/aromatic N) is 2. The summed E-state index contributed by atoms with van der Waals surface area (Å²) in [6.45, 7) is 0. The number of nitrogens with one attached hydrogen (secondary N) is 1. The normalized spacial score (nSPS) is 12.6. The van der Waals surface area contributed by atoms with Crippen LogP contribution < -0.4 is 5.32 Å². The molecule has 0 aliphatic carbocycles. The summed E-state index contributed by atoms with van der Waals surface area (Å²) in [6, 6.07) is 3.48. The molecule has 1 N–H and O–H groups in total. The Morgan fingerprint density at radius 3 is 2.82 bits per heavy atom. The van der Waals surface area contributed by atoms with Gasteiger partial charge in [0.1, 0.15) is 11.6 Å². The lowest BCUT2D eigenvalue weighted by atomic mass is 10.0. The second kappa shape index (κ2) is 5.29. The average molecular weight is 255 g/mol. The van der Waals surface area contributed by atoms with E-state index in [1.807, 2.05) is 0 Å². The highest BCUT2D eigenvalue weighted by molar-refractivity contribution is 6.99. The quantitative estimate of drug-likeness (QED) is 0.911. The standard InChI is InChI=1S/C11H11F2N3S/c1-14-10(11-6-15-17-16-11)4-7-2-3-8(12)5-9(7)13/h2-3,5-6,10,14H,4H2,1H3. The van der Waals surface area contributed by atoms with Crippen LogP contribution in [0.25, 0.3) is 0 Å². The summed E-state index contributed by atoms with van der Waals surface area (Å²) in [5.41, 5.74) is 1.22. The van der Waals surface area contributed by atoms with Gasteiger partial charge in [0, 0.05) is 6.07 Å². The van der Waals surface area contributed by atoms with Gasteiger partial charge in [0.15, 0.2) is 0 Å². The molecule has 0 saturated heterocycles. The number of halogens is 2. The lowest BCUT2D eigenvalue weighted by molar-refractivity contribution is 0.536. The van der Waals surface area contributed by atoms with Crippen molar-refractivity contribution in [1.82, 2.24) is 14.1 Å². The van der Waals surface area contributed by atoms with Crippen LogP contribution in [0.5, 0.6) is 0 Å². The molecule has 0 radical (unpaired) electrons. The maximum atomic E-state index is 13.5. The van der Waals surface area contributed by atoms with Crippen molar-refractivity contribution in [3.63, 3.8) is 0 Å². The van der Waals surface area contributed by atoms with Crippen molar-refractivity contribution in [3.05, 3.63) is 47.3 Å². The van der Waals surface area contributed by atoms with Crippen LogP contribution in [0.3, 0.4) is 0 Å². The van der Waals surface area contributed by atoms with Crippen LogP contribution in [0, 0.1) is 11.6 Å². The summed E-state index contributed by atoms with van der Waals surface area (Å²) >= 11 is 1.11. The second-order valence-electron chi connectivity index (χ2n) is 3.61. The fraction of sp³-hybridized carbons (Fsp3) is 0.273. The molecular formula is C11H11F2N3S. The molecule has 2 aromatic rings. The molecule has 90 valence electrons. The van der Waals surface area contributed by atoms with Crippen molar-refractivity contribution in [2.75, 3.05) is 7.05 Å². The Labute approximate surface area is 102 Å². The molecule has 0 saturated carbocycles. The van der Waals surface area contributed by atoms with Gasteiger partial charge in [-0.15, -0.1) is 0 Å². The number of aromatic nitrogens is 2. The van der Waals surface area contributed by atoms with E-state index >= 15 is 0 Å². The third-order valence-electron chi connectivity index (χ3n) is 2.52. The minimum absolute atomic E-state index is 0.117. The molecule has 3 nitrogen and oxygen atoms in total. The number of rotatable bonds is 4. The molecule has 0 bridgehead atoms. The first-order valence-electron chi connectivity index (χ1n) is 5.09. The third-order valence-corrected chi connectivity index (χ3v) is 3.02. The van der Waals surface area contributed by atoms with Gasteiger partial charge in [0.2, 0.25) is 0 Å². The fourth-order valence-corrected chi connectivity index (χ4v) is 2.06. The minimum atomic E-state index is -0.567. The van der Waals surface area contributed by atoms with E-state index in [1.165, 1.54) is 12.1 Å². The Bertz CT molecular complexity index is 487. The van der Waals surface area contributed by atoms with Crippen molar-refractivity contribution in [3.8, 4) is 0 Å².